The van der Waals surface area contributed by atoms with Crippen LogP contribution in [-0.2, 0) is 10.2 Å². The number of benzene rings is 1. The first-order valence-electron chi connectivity index (χ1n) is 8.93. The number of aromatic nitrogens is 1. The SMILES string of the molecule is CC(C)(C)c1cc(NC(=O)C[NH+]2CCN(c3ccccc3Cl)CC2)on1. The largest absolute Gasteiger partial charge is 0.359 e. The minimum Gasteiger partial charge on any atom is -0.359 e. The molecule has 26 heavy (non-hydrogen) atoms. The molecule has 1 aromatic carbocycles. The fourth-order valence-corrected chi connectivity index (χ4v) is 3.30. The molecular formula is C19H26ClN4O2+. The second-order valence-electron chi connectivity index (χ2n) is 7.74. The molecule has 1 saturated heterocycles. The van der Waals surface area contributed by atoms with E-state index >= 15 is 0 Å². The summed E-state index contributed by atoms with van der Waals surface area (Å²) in [5.74, 6) is 0.358. The molecule has 3 rings (SSSR count). The standard InChI is InChI=1S/C19H25ClN4O2/c1-19(2,3)16-12-18(26-22-16)21-17(25)13-23-8-10-24(11-9-23)15-7-5-4-6-14(15)20/h4-7,12H,8-11,13H2,1-3H3,(H,21,25)/p+1. The van der Waals surface area contributed by atoms with E-state index in [0.29, 0.717) is 12.4 Å². The second kappa shape index (κ2) is 7.68. The molecule has 2 aromatic rings. The second-order valence-corrected chi connectivity index (χ2v) is 8.15. The van der Waals surface area contributed by atoms with Gasteiger partial charge in [0.1, 0.15) is 0 Å². The van der Waals surface area contributed by atoms with Crippen LogP contribution in [0.25, 0.3) is 0 Å². The third kappa shape index (κ3) is 4.56. The van der Waals surface area contributed by atoms with Crippen molar-refractivity contribution in [2.24, 2.45) is 0 Å². The van der Waals surface area contributed by atoms with Gasteiger partial charge in [-0.25, -0.2) is 0 Å². The predicted molar refractivity (Wildman–Crippen MR) is 103 cm³/mol. The molecule has 1 aromatic heterocycles. The van der Waals surface area contributed by atoms with Gasteiger partial charge in [0, 0.05) is 11.5 Å². The molecule has 2 heterocycles. The van der Waals surface area contributed by atoms with Gasteiger partial charge in [-0.1, -0.05) is 49.7 Å². The Morgan fingerprint density at radius 1 is 1.31 bits per heavy atom. The van der Waals surface area contributed by atoms with Crippen molar-refractivity contribution in [2.75, 3.05) is 42.9 Å². The van der Waals surface area contributed by atoms with Crippen molar-refractivity contribution in [3.05, 3.63) is 41.0 Å². The minimum absolute atomic E-state index is 0.0530. The number of hydrogen-bond acceptors (Lipinski definition) is 4. The maximum absolute atomic E-state index is 12.3. The molecule has 7 heteroatoms. The summed E-state index contributed by atoms with van der Waals surface area (Å²) in [5, 5.41) is 7.61. The molecule has 0 saturated carbocycles. The van der Waals surface area contributed by atoms with E-state index in [2.05, 4.69) is 36.1 Å². The van der Waals surface area contributed by atoms with E-state index in [0.717, 1.165) is 42.6 Å². The van der Waals surface area contributed by atoms with Gasteiger partial charge in [0.2, 0.25) is 5.88 Å². The number of para-hydroxylation sites is 1. The van der Waals surface area contributed by atoms with E-state index in [-0.39, 0.29) is 11.3 Å². The van der Waals surface area contributed by atoms with Crippen LogP contribution in [0.4, 0.5) is 11.6 Å². The Balaban J connectivity index is 1.49. The molecule has 1 aliphatic rings. The van der Waals surface area contributed by atoms with Crippen molar-refractivity contribution >= 4 is 29.1 Å². The lowest BCUT2D eigenvalue weighted by atomic mass is 9.92. The normalized spacial score (nSPS) is 15.9. The number of carbonyl (C=O) groups excluding carboxylic acids is 1. The molecule has 0 unspecified atom stereocenters. The number of halogens is 1. The van der Waals surface area contributed by atoms with Crippen LogP contribution >= 0.6 is 11.6 Å². The van der Waals surface area contributed by atoms with Gasteiger partial charge >= 0.3 is 0 Å². The number of quaternary nitrogens is 1. The van der Waals surface area contributed by atoms with E-state index in [9.17, 15) is 4.79 Å². The lowest BCUT2D eigenvalue weighted by Crippen LogP contribution is -3.15. The van der Waals surface area contributed by atoms with E-state index in [1.807, 2.05) is 24.3 Å². The number of anilines is 2. The van der Waals surface area contributed by atoms with Crippen molar-refractivity contribution < 1.29 is 14.2 Å². The number of rotatable bonds is 4. The minimum atomic E-state index is -0.104. The Bertz CT molecular complexity index is 761. The third-order valence-electron chi connectivity index (χ3n) is 4.62. The maximum Gasteiger partial charge on any atom is 0.281 e. The van der Waals surface area contributed by atoms with Gasteiger partial charge in [0.15, 0.2) is 6.54 Å². The first-order valence-corrected chi connectivity index (χ1v) is 9.31. The average molecular weight is 378 g/mol. The van der Waals surface area contributed by atoms with Crippen molar-refractivity contribution in [1.82, 2.24) is 5.16 Å². The number of carbonyl (C=O) groups is 1. The van der Waals surface area contributed by atoms with Crippen LogP contribution in [0.15, 0.2) is 34.9 Å². The van der Waals surface area contributed by atoms with Gasteiger partial charge in [0.25, 0.3) is 5.91 Å². The lowest BCUT2D eigenvalue weighted by Gasteiger charge is -2.33. The Labute approximate surface area is 159 Å². The maximum atomic E-state index is 12.3. The molecule has 0 radical (unpaired) electrons. The zero-order valence-corrected chi connectivity index (χ0v) is 16.3. The highest BCUT2D eigenvalue weighted by Gasteiger charge is 2.24. The van der Waals surface area contributed by atoms with Gasteiger partial charge in [-0.15, -0.1) is 0 Å². The number of piperazine rings is 1. The Kier molecular flexibility index (Phi) is 5.53. The van der Waals surface area contributed by atoms with Crippen molar-refractivity contribution in [2.45, 2.75) is 26.2 Å². The molecule has 1 aliphatic heterocycles. The molecule has 0 spiro atoms. The first kappa shape index (κ1) is 18.7. The van der Waals surface area contributed by atoms with Gasteiger partial charge in [-0.3, -0.25) is 10.1 Å². The van der Waals surface area contributed by atoms with Crippen LogP contribution in [0.5, 0.6) is 0 Å². The Morgan fingerprint density at radius 3 is 2.62 bits per heavy atom. The number of nitrogens with one attached hydrogen (secondary N) is 2. The number of nitrogens with zero attached hydrogens (tertiary/aromatic N) is 2. The highest BCUT2D eigenvalue weighted by Crippen LogP contribution is 2.25. The summed E-state index contributed by atoms with van der Waals surface area (Å²) in [6.45, 7) is 10.1. The molecule has 0 aliphatic carbocycles. The van der Waals surface area contributed by atoms with Crippen molar-refractivity contribution in [3.8, 4) is 0 Å². The zero-order valence-electron chi connectivity index (χ0n) is 15.5. The first-order chi connectivity index (χ1) is 12.3. The van der Waals surface area contributed by atoms with Gasteiger partial charge in [-0.2, -0.15) is 0 Å². The molecule has 1 amide bonds. The Morgan fingerprint density at radius 2 is 2.00 bits per heavy atom. The predicted octanol–water partition coefficient (Wildman–Crippen LogP) is 1.97. The average Bonchev–Trinajstić information content (AvgIpc) is 3.05. The summed E-state index contributed by atoms with van der Waals surface area (Å²) in [5.41, 5.74) is 1.79. The summed E-state index contributed by atoms with van der Waals surface area (Å²) < 4.78 is 5.22. The summed E-state index contributed by atoms with van der Waals surface area (Å²) in [7, 11) is 0. The van der Waals surface area contributed by atoms with Crippen LogP contribution in [0.2, 0.25) is 5.02 Å². The van der Waals surface area contributed by atoms with Crippen LogP contribution < -0.4 is 15.1 Å². The van der Waals surface area contributed by atoms with Crippen LogP contribution in [-0.4, -0.2) is 43.8 Å². The van der Waals surface area contributed by atoms with E-state index in [1.165, 1.54) is 4.90 Å². The third-order valence-corrected chi connectivity index (χ3v) is 4.94. The number of hydrogen-bond donors (Lipinski definition) is 2. The molecule has 2 N–H and O–H groups in total. The monoisotopic (exact) mass is 377 g/mol. The molecule has 140 valence electrons. The van der Waals surface area contributed by atoms with E-state index < -0.39 is 0 Å². The van der Waals surface area contributed by atoms with Crippen LogP contribution in [0, 0.1) is 0 Å². The highest BCUT2D eigenvalue weighted by molar-refractivity contribution is 6.33. The van der Waals surface area contributed by atoms with Crippen molar-refractivity contribution in [1.29, 1.82) is 0 Å². The zero-order chi connectivity index (χ0) is 18.7. The van der Waals surface area contributed by atoms with Crippen LogP contribution in [0.1, 0.15) is 26.5 Å². The summed E-state index contributed by atoms with van der Waals surface area (Å²) in [4.78, 5) is 15.8. The fourth-order valence-electron chi connectivity index (χ4n) is 3.05. The summed E-state index contributed by atoms with van der Waals surface area (Å²) >= 11 is 6.27. The van der Waals surface area contributed by atoms with E-state index in [1.54, 1.807) is 6.07 Å². The smallest absolute Gasteiger partial charge is 0.281 e. The topological polar surface area (TPSA) is 62.8 Å². The van der Waals surface area contributed by atoms with Gasteiger partial charge in [-0.05, 0) is 12.1 Å². The van der Waals surface area contributed by atoms with Gasteiger partial charge in [0.05, 0.1) is 42.6 Å². The van der Waals surface area contributed by atoms with E-state index in [4.69, 9.17) is 16.1 Å². The van der Waals surface area contributed by atoms with Crippen molar-refractivity contribution in [3.63, 3.8) is 0 Å². The van der Waals surface area contributed by atoms with Gasteiger partial charge < -0.3 is 14.3 Å². The Hall–Kier alpha value is -2.05. The highest BCUT2D eigenvalue weighted by atomic mass is 35.5. The quantitative estimate of drug-likeness (QED) is 0.855. The summed E-state index contributed by atoms with van der Waals surface area (Å²) in [6, 6.07) is 9.68. The molecule has 1 fully saturated rings. The fraction of sp³-hybridized carbons (Fsp3) is 0.474. The van der Waals surface area contributed by atoms with Crippen LogP contribution in [0.3, 0.4) is 0 Å². The molecule has 0 bridgehead atoms. The lowest BCUT2D eigenvalue weighted by molar-refractivity contribution is -0.892. The molecule has 6 nitrogen and oxygen atoms in total. The number of amides is 1. The molecule has 0 atom stereocenters. The summed E-state index contributed by atoms with van der Waals surface area (Å²) in [6.07, 6.45) is 0. The molecular weight excluding hydrogens is 352 g/mol.